The molecule has 1 aliphatic carbocycles. The molecule has 4 heterocycles. The zero-order valence-corrected chi connectivity index (χ0v) is 22.3. The van der Waals surface area contributed by atoms with Gasteiger partial charge < -0.3 is 4.98 Å². The van der Waals surface area contributed by atoms with Crippen LogP contribution in [0, 0.1) is 5.41 Å². The van der Waals surface area contributed by atoms with E-state index >= 15 is 0 Å². The monoisotopic (exact) mass is 515 g/mol. The molecule has 1 amide bonds. The Morgan fingerprint density at radius 1 is 1.16 bits per heavy atom. The molecule has 5 rings (SSSR count). The molecule has 38 heavy (non-hydrogen) atoms. The minimum absolute atomic E-state index is 0.0328. The fourth-order valence-corrected chi connectivity index (χ4v) is 4.55. The normalized spacial score (nSPS) is 13.7. The molecule has 1 aliphatic rings. The number of H-pyrrole nitrogens is 1. The number of hydrogen-bond acceptors (Lipinski definition) is 6. The van der Waals surface area contributed by atoms with Crippen molar-refractivity contribution in [3.05, 3.63) is 69.3 Å². The van der Waals surface area contributed by atoms with Crippen LogP contribution in [0.15, 0.2) is 52.4 Å². The van der Waals surface area contributed by atoms with Crippen molar-refractivity contribution in [2.45, 2.75) is 66.0 Å². The van der Waals surface area contributed by atoms with E-state index in [1.807, 2.05) is 45.9 Å². The first-order chi connectivity index (χ1) is 18.2. The van der Waals surface area contributed by atoms with Gasteiger partial charge in [-0.15, -0.1) is 0 Å². The van der Waals surface area contributed by atoms with Gasteiger partial charge in [-0.05, 0) is 49.4 Å². The maximum atomic E-state index is 13.3. The van der Waals surface area contributed by atoms with Crippen LogP contribution in [0.5, 0.6) is 0 Å². The molecule has 0 aromatic carbocycles. The summed E-state index contributed by atoms with van der Waals surface area (Å²) in [5.74, 6) is 0.959. The van der Waals surface area contributed by atoms with Crippen molar-refractivity contribution in [1.82, 2.24) is 29.1 Å². The fourth-order valence-electron chi connectivity index (χ4n) is 4.55. The van der Waals surface area contributed by atoms with E-state index in [4.69, 9.17) is 0 Å². The number of aromatic amines is 1. The van der Waals surface area contributed by atoms with Gasteiger partial charge in [0.15, 0.2) is 5.65 Å². The summed E-state index contributed by atoms with van der Waals surface area (Å²) in [4.78, 5) is 57.8. The van der Waals surface area contributed by atoms with Gasteiger partial charge in [0.1, 0.15) is 17.2 Å². The number of carbonyl (C=O) groups excluding carboxylic acids is 1. The van der Waals surface area contributed by atoms with Crippen LogP contribution in [-0.4, -0.2) is 41.5 Å². The van der Waals surface area contributed by atoms with Crippen molar-refractivity contribution in [3.63, 3.8) is 0 Å². The van der Waals surface area contributed by atoms with E-state index < -0.39 is 5.41 Å². The van der Waals surface area contributed by atoms with Crippen molar-refractivity contribution in [2.75, 3.05) is 11.4 Å². The highest BCUT2D eigenvalue weighted by atomic mass is 16.2. The molecule has 198 valence electrons. The Morgan fingerprint density at radius 3 is 2.55 bits per heavy atom. The number of nitrogens with zero attached hydrogens (tertiary/aromatic N) is 6. The second-order valence-electron chi connectivity index (χ2n) is 10.8. The number of imidazole rings is 1. The lowest BCUT2D eigenvalue weighted by atomic mass is 9.94. The topological polar surface area (TPSA) is 119 Å². The van der Waals surface area contributed by atoms with Crippen molar-refractivity contribution in [3.8, 4) is 11.4 Å². The quantitative estimate of drug-likeness (QED) is 0.382. The van der Waals surface area contributed by atoms with Gasteiger partial charge in [-0.2, -0.15) is 0 Å². The van der Waals surface area contributed by atoms with Crippen LogP contribution in [0.2, 0.25) is 0 Å². The Balaban J connectivity index is 1.49. The van der Waals surface area contributed by atoms with Gasteiger partial charge in [-0.3, -0.25) is 28.6 Å². The van der Waals surface area contributed by atoms with Crippen LogP contribution in [0.1, 0.15) is 58.6 Å². The van der Waals surface area contributed by atoms with Gasteiger partial charge in [0.2, 0.25) is 5.91 Å². The predicted octanol–water partition coefficient (Wildman–Crippen LogP) is 3.71. The highest BCUT2D eigenvalue weighted by Crippen LogP contribution is 2.32. The Kier molecular flexibility index (Phi) is 6.73. The molecule has 0 radical (unpaired) electrons. The summed E-state index contributed by atoms with van der Waals surface area (Å²) in [6, 6.07) is 7.45. The molecular formula is C28H33N7O3. The number of carbonyl (C=O) groups is 1. The molecule has 10 nitrogen and oxygen atoms in total. The molecule has 0 unspecified atom stereocenters. The number of nitrogens with one attached hydrogen (secondary N) is 1. The molecule has 0 bridgehead atoms. The minimum atomic E-state index is -0.585. The number of rotatable bonds is 8. The first-order valence-electron chi connectivity index (χ1n) is 13.1. The van der Waals surface area contributed by atoms with Crippen LogP contribution in [-0.2, 0) is 17.8 Å². The number of anilines is 1. The summed E-state index contributed by atoms with van der Waals surface area (Å²) in [6.45, 7) is 8.59. The van der Waals surface area contributed by atoms with E-state index in [9.17, 15) is 14.4 Å². The van der Waals surface area contributed by atoms with E-state index in [0.29, 0.717) is 47.9 Å². The number of aromatic nitrogens is 6. The van der Waals surface area contributed by atoms with Crippen LogP contribution in [0.25, 0.3) is 22.6 Å². The summed E-state index contributed by atoms with van der Waals surface area (Å²) >= 11 is 0. The highest BCUT2D eigenvalue weighted by Gasteiger charge is 2.31. The zero-order valence-electron chi connectivity index (χ0n) is 22.3. The van der Waals surface area contributed by atoms with Gasteiger partial charge >= 0.3 is 5.69 Å². The predicted molar refractivity (Wildman–Crippen MR) is 146 cm³/mol. The van der Waals surface area contributed by atoms with E-state index in [2.05, 4.69) is 19.9 Å². The Morgan fingerprint density at radius 2 is 1.95 bits per heavy atom. The Labute approximate surface area is 220 Å². The second-order valence-corrected chi connectivity index (χ2v) is 10.8. The zero-order chi connectivity index (χ0) is 27.0. The van der Waals surface area contributed by atoms with Gasteiger partial charge in [0.25, 0.3) is 5.56 Å². The van der Waals surface area contributed by atoms with Gasteiger partial charge in [0, 0.05) is 48.7 Å². The summed E-state index contributed by atoms with van der Waals surface area (Å²) in [5, 5.41) is 0. The molecule has 0 atom stereocenters. The first kappa shape index (κ1) is 25.6. The molecule has 1 N–H and O–H groups in total. The van der Waals surface area contributed by atoms with Gasteiger partial charge in [-0.1, -0.05) is 33.8 Å². The second kappa shape index (κ2) is 10.00. The average Bonchev–Trinajstić information content (AvgIpc) is 3.63. The SMILES string of the molecule is CCCn1c(=O)n(C2CC2)c(=O)c2[nH]c(-c3ccc(N(CCc4cccnc4)C(=O)C(C)(C)C)nc3)nc21. The summed E-state index contributed by atoms with van der Waals surface area (Å²) in [6.07, 6.45) is 8.23. The Hall–Kier alpha value is -4.08. The van der Waals surface area contributed by atoms with Crippen LogP contribution in [0.3, 0.4) is 0 Å². The maximum Gasteiger partial charge on any atom is 0.333 e. The van der Waals surface area contributed by atoms with E-state index in [1.54, 1.807) is 34.1 Å². The molecule has 1 saturated carbocycles. The molecule has 0 spiro atoms. The largest absolute Gasteiger partial charge is 0.333 e. The smallest absolute Gasteiger partial charge is 0.332 e. The highest BCUT2D eigenvalue weighted by molar-refractivity contribution is 5.96. The third-order valence-corrected chi connectivity index (χ3v) is 6.70. The standard InChI is InChI=1S/C28H33N7O3/c1-5-14-34-24-22(25(36)35(27(34)38)20-9-10-20)31-23(32-24)19-8-11-21(30-17-19)33(26(37)28(2,3)4)15-12-18-7-6-13-29-16-18/h6-8,11,13,16-17,20H,5,9-10,12,14-15H2,1-4H3,(H,31,32). The van der Waals surface area contributed by atoms with Crippen LogP contribution < -0.4 is 16.1 Å². The third-order valence-electron chi connectivity index (χ3n) is 6.70. The van der Waals surface area contributed by atoms with Crippen LogP contribution in [0.4, 0.5) is 5.82 Å². The van der Waals surface area contributed by atoms with Crippen molar-refractivity contribution >= 4 is 22.9 Å². The number of pyridine rings is 2. The fraction of sp³-hybridized carbons (Fsp3) is 0.429. The number of hydrogen-bond donors (Lipinski definition) is 1. The minimum Gasteiger partial charge on any atom is -0.332 e. The van der Waals surface area contributed by atoms with Crippen molar-refractivity contribution in [1.29, 1.82) is 0 Å². The lowest BCUT2D eigenvalue weighted by molar-refractivity contribution is -0.125. The first-order valence-corrected chi connectivity index (χ1v) is 13.1. The van der Waals surface area contributed by atoms with Gasteiger partial charge in [0.05, 0.1) is 0 Å². The molecule has 0 saturated heterocycles. The van der Waals surface area contributed by atoms with Gasteiger partial charge in [-0.25, -0.2) is 14.8 Å². The number of aryl methyl sites for hydroxylation is 1. The maximum absolute atomic E-state index is 13.3. The van der Waals surface area contributed by atoms with Crippen molar-refractivity contribution in [2.24, 2.45) is 5.41 Å². The number of amides is 1. The lowest BCUT2D eigenvalue weighted by Gasteiger charge is -2.29. The molecular weight excluding hydrogens is 482 g/mol. The summed E-state index contributed by atoms with van der Waals surface area (Å²) in [5.41, 5.74) is 1.16. The van der Waals surface area contributed by atoms with Crippen molar-refractivity contribution < 1.29 is 4.79 Å². The van der Waals surface area contributed by atoms with E-state index in [-0.39, 0.29) is 23.2 Å². The summed E-state index contributed by atoms with van der Waals surface area (Å²) in [7, 11) is 0. The lowest BCUT2D eigenvalue weighted by Crippen LogP contribution is -2.41. The van der Waals surface area contributed by atoms with E-state index in [0.717, 1.165) is 24.8 Å². The number of fused-ring (bicyclic) bond motifs is 1. The summed E-state index contributed by atoms with van der Waals surface area (Å²) < 4.78 is 2.94. The molecule has 10 heteroatoms. The average molecular weight is 516 g/mol. The molecule has 4 aromatic rings. The Bertz CT molecular complexity index is 1570. The molecule has 4 aromatic heterocycles. The molecule has 0 aliphatic heterocycles. The third kappa shape index (κ3) is 4.90. The molecule has 1 fully saturated rings. The van der Waals surface area contributed by atoms with Crippen LogP contribution >= 0.6 is 0 Å². The van der Waals surface area contributed by atoms with E-state index in [1.165, 1.54) is 4.57 Å².